The monoisotopic (exact) mass is 685 g/mol. The predicted octanol–water partition coefficient (Wildman–Crippen LogP) is 5.27. The van der Waals surface area contributed by atoms with E-state index in [1.165, 1.54) is 0 Å². The number of hydrogen-bond acceptors (Lipinski definition) is 10. The second-order valence-corrected chi connectivity index (χ2v) is 13.9. The number of ketones is 1. The van der Waals surface area contributed by atoms with E-state index in [4.69, 9.17) is 0 Å². The minimum Gasteiger partial charge on any atom is -0.357 e. The molecule has 2 unspecified atom stereocenters. The van der Waals surface area contributed by atoms with Crippen molar-refractivity contribution in [2.24, 2.45) is 11.8 Å². The van der Waals surface area contributed by atoms with Gasteiger partial charge in [-0.05, 0) is 99.4 Å². The van der Waals surface area contributed by atoms with E-state index in [1.807, 2.05) is 61.8 Å². The summed E-state index contributed by atoms with van der Waals surface area (Å²) >= 11 is 1.66. The number of aryl methyl sites for hydroxylation is 1. The first-order valence-corrected chi connectivity index (χ1v) is 18.2. The zero-order valence-electron chi connectivity index (χ0n) is 28.2. The number of aromatic nitrogens is 6. The summed E-state index contributed by atoms with van der Waals surface area (Å²) in [6.07, 6.45) is 11.7. The molecule has 11 nitrogen and oxygen atoms in total. The molecule has 5 aromatic rings. The number of likely N-dealkylation sites (tertiary alicyclic amines) is 1. The first-order chi connectivity index (χ1) is 24.4. The molecule has 0 bridgehead atoms. The van der Waals surface area contributed by atoms with Crippen molar-refractivity contribution in [3.63, 3.8) is 0 Å². The van der Waals surface area contributed by atoms with E-state index < -0.39 is 0 Å². The Morgan fingerprint density at radius 2 is 1.82 bits per heavy atom. The van der Waals surface area contributed by atoms with Gasteiger partial charge < -0.3 is 10.2 Å². The van der Waals surface area contributed by atoms with Gasteiger partial charge in [-0.25, -0.2) is 15.0 Å². The molecule has 4 aromatic heterocycles. The lowest BCUT2D eigenvalue weighted by Crippen LogP contribution is -2.40. The number of nitrogens with zero attached hydrogens (tertiary/aromatic N) is 7. The van der Waals surface area contributed by atoms with Gasteiger partial charge >= 0.3 is 0 Å². The molecule has 0 saturated carbocycles. The fraction of sp³-hybridized carbons (Fsp3) is 0.342. The molecule has 12 heteroatoms. The highest BCUT2D eigenvalue weighted by Crippen LogP contribution is 2.30. The number of nitrogens with one attached hydrogen (secondary N) is 2. The minimum absolute atomic E-state index is 0.00863. The largest absolute Gasteiger partial charge is 0.357 e. The summed E-state index contributed by atoms with van der Waals surface area (Å²) in [4.78, 5) is 48.3. The molecular weight excluding hydrogens is 647 g/mol. The fourth-order valence-electron chi connectivity index (χ4n) is 6.86. The zero-order chi connectivity index (χ0) is 34.5. The summed E-state index contributed by atoms with van der Waals surface area (Å²) in [6, 6.07) is 15.4. The zero-order valence-corrected chi connectivity index (χ0v) is 29.0. The van der Waals surface area contributed by atoms with Crippen LogP contribution in [0.5, 0.6) is 0 Å². The van der Waals surface area contributed by atoms with E-state index in [-0.39, 0.29) is 17.1 Å². The van der Waals surface area contributed by atoms with Crippen LogP contribution in [0, 0.1) is 30.6 Å². The van der Waals surface area contributed by atoms with Crippen molar-refractivity contribution in [1.82, 2.24) is 35.0 Å². The number of benzene rings is 1. The Morgan fingerprint density at radius 3 is 2.58 bits per heavy atom. The summed E-state index contributed by atoms with van der Waals surface area (Å²) in [7, 11) is 0. The van der Waals surface area contributed by atoms with Gasteiger partial charge in [0, 0.05) is 78.2 Å². The molecule has 2 saturated heterocycles. The van der Waals surface area contributed by atoms with Gasteiger partial charge in [0.15, 0.2) is 5.82 Å². The van der Waals surface area contributed by atoms with E-state index in [2.05, 4.69) is 57.1 Å². The van der Waals surface area contributed by atoms with Crippen LogP contribution in [0.2, 0.25) is 0 Å². The average molecular weight is 686 g/mol. The van der Waals surface area contributed by atoms with Crippen LogP contribution in [0.4, 0.5) is 11.5 Å². The molecule has 2 aliphatic heterocycles. The van der Waals surface area contributed by atoms with Gasteiger partial charge in [-0.3, -0.25) is 24.6 Å². The van der Waals surface area contributed by atoms with Gasteiger partial charge in [0.1, 0.15) is 17.3 Å². The number of H-pyrrole nitrogens is 1. The van der Waals surface area contributed by atoms with E-state index in [1.54, 1.807) is 36.4 Å². The standard InChI is InChI=1S/C38H39N9O2S/c1-25-20-27(10-16-39-25)37-31-21-30(5-6-32(31)44-45-37)43-36(49)9-7-34(50-2)29-11-17-46(23-29)24-33(48)26-12-18-47(19-13-26)35-8-4-28(22-42-35)38-40-14-3-15-41-38/h3-6,8,10,14-16,20-22,26,29,34H,11-13,17-19,23-24H2,1-2H3,(H,43,49)(H,44,45). The summed E-state index contributed by atoms with van der Waals surface area (Å²) in [5, 5.41) is 11.4. The molecule has 0 spiro atoms. The fourth-order valence-corrected chi connectivity index (χ4v) is 7.64. The molecular formula is C38H39N9O2S. The van der Waals surface area contributed by atoms with Crippen LogP contribution < -0.4 is 10.2 Å². The second kappa shape index (κ2) is 15.2. The third-order valence-electron chi connectivity index (χ3n) is 9.54. The van der Waals surface area contributed by atoms with Crippen molar-refractivity contribution >= 4 is 45.9 Å². The summed E-state index contributed by atoms with van der Waals surface area (Å²) < 4.78 is 0. The molecule has 0 aliphatic carbocycles. The number of piperidine rings is 1. The molecule has 2 aliphatic rings. The van der Waals surface area contributed by atoms with Crippen LogP contribution in [0.1, 0.15) is 25.0 Å². The maximum absolute atomic E-state index is 13.3. The number of rotatable bonds is 9. The lowest BCUT2D eigenvalue weighted by Gasteiger charge is -2.32. The van der Waals surface area contributed by atoms with E-state index >= 15 is 0 Å². The van der Waals surface area contributed by atoms with Crippen LogP contribution in [0.3, 0.4) is 0 Å². The molecule has 7 rings (SSSR count). The molecule has 2 atom stereocenters. The average Bonchev–Trinajstić information content (AvgIpc) is 3.79. The number of fused-ring (bicyclic) bond motifs is 1. The molecule has 0 radical (unpaired) electrons. The summed E-state index contributed by atoms with van der Waals surface area (Å²) in [5.74, 6) is 7.97. The smallest absolute Gasteiger partial charge is 0.300 e. The van der Waals surface area contributed by atoms with Crippen molar-refractivity contribution in [2.45, 2.75) is 31.4 Å². The molecule has 1 aromatic carbocycles. The van der Waals surface area contributed by atoms with Crippen molar-refractivity contribution in [1.29, 1.82) is 0 Å². The first kappa shape index (κ1) is 33.4. The van der Waals surface area contributed by atoms with Crippen LogP contribution in [-0.2, 0) is 9.59 Å². The van der Waals surface area contributed by atoms with Gasteiger partial charge in [-0.1, -0.05) is 5.92 Å². The number of anilines is 2. The lowest BCUT2D eigenvalue weighted by atomic mass is 9.92. The molecule has 6 heterocycles. The summed E-state index contributed by atoms with van der Waals surface area (Å²) in [5.41, 5.74) is 5.11. The molecule has 1 amide bonds. The Balaban J connectivity index is 0.889. The number of pyridine rings is 2. The Labute approximate surface area is 295 Å². The maximum atomic E-state index is 13.3. The second-order valence-electron chi connectivity index (χ2n) is 12.9. The van der Waals surface area contributed by atoms with E-state index in [0.717, 1.165) is 84.7 Å². The number of carbonyl (C=O) groups is 2. The number of aromatic amines is 1. The predicted molar refractivity (Wildman–Crippen MR) is 198 cm³/mol. The molecule has 2 fully saturated rings. The number of amides is 1. The van der Waals surface area contributed by atoms with Crippen LogP contribution in [-0.4, -0.2) is 91.0 Å². The van der Waals surface area contributed by atoms with Crippen LogP contribution >= 0.6 is 11.8 Å². The van der Waals surface area contributed by atoms with Crippen molar-refractivity contribution < 1.29 is 9.59 Å². The van der Waals surface area contributed by atoms with Crippen molar-refractivity contribution in [3.05, 3.63) is 79.0 Å². The third kappa shape index (κ3) is 7.69. The van der Waals surface area contributed by atoms with Crippen molar-refractivity contribution in [2.75, 3.05) is 49.2 Å². The topological polar surface area (TPSA) is 133 Å². The highest BCUT2D eigenvalue weighted by molar-refractivity contribution is 7.99. The lowest BCUT2D eigenvalue weighted by molar-refractivity contribution is -0.124. The highest BCUT2D eigenvalue weighted by Gasteiger charge is 2.32. The molecule has 50 heavy (non-hydrogen) atoms. The third-order valence-corrected chi connectivity index (χ3v) is 10.5. The Morgan fingerprint density at radius 1 is 0.980 bits per heavy atom. The first-order valence-electron chi connectivity index (χ1n) is 16.9. The number of hydrogen-bond donors (Lipinski definition) is 2. The van der Waals surface area contributed by atoms with Crippen LogP contribution in [0.15, 0.2) is 73.3 Å². The Hall–Kier alpha value is -5.12. The van der Waals surface area contributed by atoms with E-state index in [9.17, 15) is 9.59 Å². The van der Waals surface area contributed by atoms with Gasteiger partial charge in [0.2, 0.25) is 0 Å². The minimum atomic E-state index is -0.346. The van der Waals surface area contributed by atoms with Gasteiger partial charge in [-0.2, -0.15) is 5.10 Å². The molecule has 254 valence electrons. The molecule has 2 N–H and O–H groups in total. The van der Waals surface area contributed by atoms with Gasteiger partial charge in [-0.15, -0.1) is 11.8 Å². The quantitative estimate of drug-likeness (QED) is 0.198. The summed E-state index contributed by atoms with van der Waals surface area (Å²) in [6.45, 7) is 5.70. The SMILES string of the molecule is CSC(C#CC(=O)Nc1ccc2[nH]nc(-c3ccnc(C)c3)c2c1)C1CCN(CC(=O)C2CCN(c3ccc(-c4ncccn4)cn3)CC2)C1. The van der Waals surface area contributed by atoms with Gasteiger partial charge in [0.25, 0.3) is 5.91 Å². The Bertz CT molecular complexity index is 2030. The highest BCUT2D eigenvalue weighted by atomic mass is 32.2. The number of carbonyl (C=O) groups excluding carboxylic acids is 2. The van der Waals surface area contributed by atoms with Crippen molar-refractivity contribution in [3.8, 4) is 34.5 Å². The normalized spacial score (nSPS) is 17.3. The van der Waals surface area contributed by atoms with E-state index in [0.29, 0.717) is 29.8 Å². The number of Topliss-reactive ketones (excluding diaryl/α,β-unsaturated/α-hetero) is 1. The number of thioether (sulfide) groups is 1. The Kier molecular flexibility index (Phi) is 10.1. The van der Waals surface area contributed by atoms with Gasteiger partial charge in [0.05, 0.1) is 17.3 Å². The van der Waals surface area contributed by atoms with Crippen LogP contribution in [0.25, 0.3) is 33.5 Å². The maximum Gasteiger partial charge on any atom is 0.300 e.